The van der Waals surface area contributed by atoms with E-state index in [4.69, 9.17) is 4.74 Å². The Morgan fingerprint density at radius 1 is 1.35 bits per heavy atom. The normalized spacial score (nSPS) is 25.5. The van der Waals surface area contributed by atoms with Gasteiger partial charge in [-0.3, -0.25) is 4.68 Å². The first-order chi connectivity index (χ1) is 9.34. The van der Waals surface area contributed by atoms with E-state index in [2.05, 4.69) is 5.10 Å². The van der Waals surface area contributed by atoms with Gasteiger partial charge in [0.15, 0.2) is 5.75 Å². The molecule has 0 spiro atoms. The van der Waals surface area contributed by atoms with Crippen LogP contribution in [0.5, 0.6) is 5.75 Å². The van der Waals surface area contributed by atoms with E-state index >= 15 is 0 Å². The molecule has 1 N–H and O–H groups in total. The topological polar surface area (TPSA) is 47.3 Å². The number of aliphatic hydroxyl groups is 1. The number of ether oxygens (including phenoxy) is 1. The number of alkyl halides is 3. The summed E-state index contributed by atoms with van der Waals surface area (Å²) in [7, 11) is 3.16. The predicted molar refractivity (Wildman–Crippen MR) is 66.2 cm³/mol. The minimum Gasteiger partial charge on any atom is -0.493 e. The zero-order valence-electron chi connectivity index (χ0n) is 11.5. The van der Waals surface area contributed by atoms with E-state index in [0.29, 0.717) is 24.3 Å². The maximum absolute atomic E-state index is 12.6. The van der Waals surface area contributed by atoms with Crippen LogP contribution in [0.3, 0.4) is 0 Å². The molecule has 1 aromatic heterocycles. The van der Waals surface area contributed by atoms with Gasteiger partial charge < -0.3 is 9.84 Å². The highest BCUT2D eigenvalue weighted by Gasteiger charge is 2.43. The van der Waals surface area contributed by atoms with Crippen molar-refractivity contribution < 1.29 is 23.0 Å². The quantitative estimate of drug-likeness (QED) is 0.932. The summed E-state index contributed by atoms with van der Waals surface area (Å²) in [6.07, 6.45) is -2.59. The van der Waals surface area contributed by atoms with Crippen LogP contribution in [0.25, 0.3) is 0 Å². The summed E-state index contributed by atoms with van der Waals surface area (Å²) in [6, 6.07) is 0. The number of rotatable bonds is 3. The van der Waals surface area contributed by atoms with E-state index in [1.807, 2.05) is 0 Å². The van der Waals surface area contributed by atoms with Crippen LogP contribution in [0, 0.1) is 11.8 Å². The average Bonchev–Trinajstić information content (AvgIpc) is 2.78. The zero-order chi connectivity index (χ0) is 14.9. The molecule has 1 unspecified atom stereocenters. The van der Waals surface area contributed by atoms with Crippen LogP contribution in [-0.4, -0.2) is 28.2 Å². The fourth-order valence-corrected chi connectivity index (χ4v) is 2.91. The van der Waals surface area contributed by atoms with E-state index in [1.165, 1.54) is 18.0 Å². The van der Waals surface area contributed by atoms with Crippen LogP contribution in [0.4, 0.5) is 13.2 Å². The van der Waals surface area contributed by atoms with Gasteiger partial charge in [0.2, 0.25) is 0 Å². The lowest BCUT2D eigenvalue weighted by molar-refractivity contribution is -0.186. The van der Waals surface area contributed by atoms with Gasteiger partial charge in [0.1, 0.15) is 11.8 Å². The van der Waals surface area contributed by atoms with Gasteiger partial charge in [0.05, 0.1) is 19.2 Å². The maximum atomic E-state index is 12.6. The zero-order valence-corrected chi connectivity index (χ0v) is 11.5. The van der Waals surface area contributed by atoms with E-state index in [-0.39, 0.29) is 18.8 Å². The first kappa shape index (κ1) is 15.2. The van der Waals surface area contributed by atoms with Gasteiger partial charge in [-0.1, -0.05) is 0 Å². The Bertz CT molecular complexity index is 451. The van der Waals surface area contributed by atoms with E-state index in [0.717, 1.165) is 0 Å². The molecule has 0 bridgehead atoms. The second-order valence-corrected chi connectivity index (χ2v) is 5.32. The Morgan fingerprint density at radius 3 is 2.45 bits per heavy atom. The van der Waals surface area contributed by atoms with Gasteiger partial charge in [0, 0.05) is 7.05 Å². The fraction of sp³-hybridized carbons (Fsp3) is 0.769. The monoisotopic (exact) mass is 292 g/mol. The van der Waals surface area contributed by atoms with Crippen molar-refractivity contribution in [1.82, 2.24) is 9.78 Å². The molecule has 1 aliphatic carbocycles. The second kappa shape index (κ2) is 5.63. The Morgan fingerprint density at radius 2 is 1.95 bits per heavy atom. The van der Waals surface area contributed by atoms with Gasteiger partial charge in [0.25, 0.3) is 0 Å². The first-order valence-corrected chi connectivity index (χ1v) is 6.65. The lowest BCUT2D eigenvalue weighted by Gasteiger charge is -2.32. The Kier molecular flexibility index (Phi) is 4.27. The number of hydrogen-bond acceptors (Lipinski definition) is 3. The smallest absolute Gasteiger partial charge is 0.391 e. The molecule has 7 heteroatoms. The Balaban J connectivity index is 2.05. The molecule has 1 aliphatic rings. The van der Waals surface area contributed by atoms with Crippen molar-refractivity contribution >= 4 is 0 Å². The molecule has 1 saturated carbocycles. The van der Waals surface area contributed by atoms with Crippen LogP contribution in [0.15, 0.2) is 6.20 Å². The van der Waals surface area contributed by atoms with Crippen molar-refractivity contribution in [2.75, 3.05) is 7.11 Å². The fourth-order valence-electron chi connectivity index (χ4n) is 2.91. The van der Waals surface area contributed by atoms with E-state index < -0.39 is 18.2 Å². The van der Waals surface area contributed by atoms with Crippen LogP contribution in [-0.2, 0) is 7.05 Å². The molecule has 1 atom stereocenters. The van der Waals surface area contributed by atoms with Gasteiger partial charge in [-0.05, 0) is 31.6 Å². The summed E-state index contributed by atoms with van der Waals surface area (Å²) >= 11 is 0. The lowest BCUT2D eigenvalue weighted by atomic mass is 9.78. The highest BCUT2D eigenvalue weighted by molar-refractivity contribution is 5.27. The third-order valence-corrected chi connectivity index (χ3v) is 4.13. The van der Waals surface area contributed by atoms with E-state index in [9.17, 15) is 18.3 Å². The maximum Gasteiger partial charge on any atom is 0.391 e. The number of nitrogens with zero attached hydrogens (tertiary/aromatic N) is 2. The van der Waals surface area contributed by atoms with Crippen LogP contribution < -0.4 is 4.74 Å². The third-order valence-electron chi connectivity index (χ3n) is 4.13. The van der Waals surface area contributed by atoms with Crippen molar-refractivity contribution in [3.8, 4) is 5.75 Å². The third kappa shape index (κ3) is 2.92. The molecule has 0 aromatic carbocycles. The SMILES string of the molecule is COc1cnn(C)c1C(O)C1CCC(C(F)(F)F)CC1. The molecule has 2 rings (SSSR count). The van der Waals surface area contributed by atoms with E-state index in [1.54, 1.807) is 7.05 Å². The highest BCUT2D eigenvalue weighted by atomic mass is 19.4. The number of halogens is 3. The van der Waals surface area contributed by atoms with Gasteiger partial charge in [-0.2, -0.15) is 18.3 Å². The van der Waals surface area contributed by atoms with Crippen LogP contribution in [0.2, 0.25) is 0 Å². The molecule has 0 saturated heterocycles. The minimum atomic E-state index is -4.12. The number of aliphatic hydroxyl groups excluding tert-OH is 1. The summed E-state index contributed by atoms with van der Waals surface area (Å²) in [5.74, 6) is -0.949. The number of aryl methyl sites for hydroxylation is 1. The molecule has 0 amide bonds. The van der Waals surface area contributed by atoms with Gasteiger partial charge >= 0.3 is 6.18 Å². The molecule has 114 valence electrons. The van der Waals surface area contributed by atoms with Crippen LogP contribution >= 0.6 is 0 Å². The van der Waals surface area contributed by atoms with Crippen molar-refractivity contribution in [3.63, 3.8) is 0 Å². The number of hydrogen-bond donors (Lipinski definition) is 1. The van der Waals surface area contributed by atoms with Crippen LogP contribution in [0.1, 0.15) is 37.5 Å². The standard InChI is InChI=1S/C13H19F3N2O2/c1-18-11(10(20-2)7-17-18)12(19)8-3-5-9(6-4-8)13(14,15)16/h7-9,12,19H,3-6H2,1-2H3. The molecule has 20 heavy (non-hydrogen) atoms. The molecular formula is C13H19F3N2O2. The summed E-state index contributed by atoms with van der Waals surface area (Å²) in [5, 5.41) is 14.4. The van der Waals surface area contributed by atoms with Crippen molar-refractivity contribution in [1.29, 1.82) is 0 Å². The molecule has 4 nitrogen and oxygen atoms in total. The number of aromatic nitrogens is 2. The molecule has 0 radical (unpaired) electrons. The average molecular weight is 292 g/mol. The first-order valence-electron chi connectivity index (χ1n) is 6.65. The van der Waals surface area contributed by atoms with Crippen molar-refractivity contribution in [3.05, 3.63) is 11.9 Å². The summed E-state index contributed by atoms with van der Waals surface area (Å²) in [5.41, 5.74) is 0.531. The Hall–Kier alpha value is -1.24. The van der Waals surface area contributed by atoms with Crippen molar-refractivity contribution in [2.45, 2.75) is 38.0 Å². The molecule has 1 aromatic rings. The number of methoxy groups -OCH3 is 1. The predicted octanol–water partition coefficient (Wildman–Crippen LogP) is 2.83. The summed E-state index contributed by atoms with van der Waals surface area (Å²) < 4.78 is 44.5. The second-order valence-electron chi connectivity index (χ2n) is 5.32. The minimum absolute atomic E-state index is 0.0748. The molecule has 1 fully saturated rings. The largest absolute Gasteiger partial charge is 0.493 e. The van der Waals surface area contributed by atoms with Gasteiger partial charge in [-0.25, -0.2) is 0 Å². The Labute approximate surface area is 115 Å². The summed E-state index contributed by atoms with van der Waals surface area (Å²) in [4.78, 5) is 0. The molecule has 0 aliphatic heterocycles. The summed E-state index contributed by atoms with van der Waals surface area (Å²) in [6.45, 7) is 0. The van der Waals surface area contributed by atoms with Crippen molar-refractivity contribution in [2.24, 2.45) is 18.9 Å². The highest BCUT2D eigenvalue weighted by Crippen LogP contribution is 2.44. The molecule has 1 heterocycles. The van der Waals surface area contributed by atoms with Gasteiger partial charge in [-0.15, -0.1) is 0 Å². The molecular weight excluding hydrogens is 273 g/mol. The lowest BCUT2D eigenvalue weighted by Crippen LogP contribution is -2.30.